The molecule has 1 aromatic heterocycles. The summed E-state index contributed by atoms with van der Waals surface area (Å²) in [5, 5.41) is 21.4. The van der Waals surface area contributed by atoms with E-state index in [2.05, 4.69) is 0 Å². The highest BCUT2D eigenvalue weighted by atomic mass is 16.6. The van der Waals surface area contributed by atoms with E-state index in [1.165, 1.54) is 30.5 Å². The second-order valence-electron chi connectivity index (χ2n) is 4.22. The number of nitrogen functional groups attached to an aromatic ring is 1. The van der Waals surface area contributed by atoms with Crippen LogP contribution in [0.2, 0.25) is 0 Å². The summed E-state index contributed by atoms with van der Waals surface area (Å²) in [7, 11) is 0. The van der Waals surface area contributed by atoms with Crippen LogP contribution in [0.1, 0.15) is 5.56 Å². The van der Waals surface area contributed by atoms with Crippen molar-refractivity contribution in [3.8, 4) is 0 Å². The molecule has 1 heterocycles. The first kappa shape index (κ1) is 14.2. The Morgan fingerprint density at radius 3 is 2.48 bits per heavy atom. The summed E-state index contributed by atoms with van der Waals surface area (Å²) in [6, 6.07) is 6.29. The zero-order valence-electron chi connectivity index (χ0n) is 10.6. The predicted molar refractivity (Wildman–Crippen MR) is 74.0 cm³/mol. The standard InChI is InChI=1S/C12H10N4O5/c13-10-4-3-9(15(18)19)6-8(10)7-14-5-1-2-11(12(14)17)16(20)21/h1-6H,7,13H2. The molecule has 9 nitrogen and oxygen atoms in total. The first-order chi connectivity index (χ1) is 9.90. The van der Waals surface area contributed by atoms with Gasteiger partial charge < -0.3 is 10.3 Å². The number of hydrogen-bond donors (Lipinski definition) is 1. The number of hydrogen-bond acceptors (Lipinski definition) is 6. The maximum absolute atomic E-state index is 11.9. The van der Waals surface area contributed by atoms with E-state index in [1.807, 2.05) is 0 Å². The molecule has 0 fully saturated rings. The lowest BCUT2D eigenvalue weighted by Crippen LogP contribution is -2.22. The fraction of sp³-hybridized carbons (Fsp3) is 0.0833. The predicted octanol–water partition coefficient (Wildman–Crippen LogP) is 1.30. The summed E-state index contributed by atoms with van der Waals surface area (Å²) in [5.41, 5.74) is 4.78. The molecule has 0 aliphatic rings. The van der Waals surface area contributed by atoms with E-state index in [-0.39, 0.29) is 17.9 Å². The number of nitro benzene ring substituents is 1. The van der Waals surface area contributed by atoms with Gasteiger partial charge in [0, 0.05) is 35.6 Å². The van der Waals surface area contributed by atoms with Gasteiger partial charge in [-0.25, -0.2) is 0 Å². The molecule has 0 saturated heterocycles. The molecule has 2 N–H and O–H groups in total. The lowest BCUT2D eigenvalue weighted by Gasteiger charge is -2.08. The third-order valence-electron chi connectivity index (χ3n) is 2.87. The average molecular weight is 290 g/mol. The van der Waals surface area contributed by atoms with Crippen LogP contribution in [0.15, 0.2) is 41.3 Å². The monoisotopic (exact) mass is 290 g/mol. The molecule has 0 atom stereocenters. The summed E-state index contributed by atoms with van der Waals surface area (Å²) in [6.45, 7) is -0.0893. The molecule has 0 saturated carbocycles. The highest BCUT2D eigenvalue weighted by molar-refractivity contribution is 5.52. The number of anilines is 1. The lowest BCUT2D eigenvalue weighted by atomic mass is 10.1. The van der Waals surface area contributed by atoms with Gasteiger partial charge in [0.2, 0.25) is 0 Å². The van der Waals surface area contributed by atoms with Gasteiger partial charge in [-0.3, -0.25) is 25.0 Å². The molecule has 1 aromatic carbocycles. The normalized spacial score (nSPS) is 10.3. The zero-order chi connectivity index (χ0) is 15.6. The van der Waals surface area contributed by atoms with Crippen molar-refractivity contribution in [1.82, 2.24) is 4.57 Å². The summed E-state index contributed by atoms with van der Waals surface area (Å²) in [5.74, 6) is 0. The number of benzene rings is 1. The minimum atomic E-state index is -0.798. The molecule has 2 aromatic rings. The van der Waals surface area contributed by atoms with Crippen molar-refractivity contribution in [3.63, 3.8) is 0 Å². The van der Waals surface area contributed by atoms with E-state index in [0.29, 0.717) is 5.56 Å². The molecular weight excluding hydrogens is 280 g/mol. The molecule has 0 radical (unpaired) electrons. The van der Waals surface area contributed by atoms with Crippen LogP contribution in [0, 0.1) is 20.2 Å². The Labute approximate surface area is 117 Å². The highest BCUT2D eigenvalue weighted by Gasteiger charge is 2.15. The molecule has 0 amide bonds. The van der Waals surface area contributed by atoms with Gasteiger partial charge in [-0.2, -0.15) is 0 Å². The number of nitrogens with two attached hydrogens (primary N) is 1. The molecule has 9 heteroatoms. The van der Waals surface area contributed by atoms with Crippen LogP contribution in [0.3, 0.4) is 0 Å². The Morgan fingerprint density at radius 2 is 1.86 bits per heavy atom. The van der Waals surface area contributed by atoms with Crippen LogP contribution in [-0.2, 0) is 6.54 Å². The number of pyridine rings is 1. The first-order valence-corrected chi connectivity index (χ1v) is 5.77. The molecule has 2 rings (SSSR count). The smallest absolute Gasteiger partial charge is 0.334 e. The second kappa shape index (κ2) is 5.41. The van der Waals surface area contributed by atoms with Gasteiger partial charge in [-0.05, 0) is 12.1 Å². The van der Waals surface area contributed by atoms with Crippen LogP contribution < -0.4 is 11.3 Å². The van der Waals surface area contributed by atoms with Crippen molar-refractivity contribution in [1.29, 1.82) is 0 Å². The van der Waals surface area contributed by atoms with E-state index in [4.69, 9.17) is 5.73 Å². The van der Waals surface area contributed by atoms with Gasteiger partial charge in [0.05, 0.1) is 16.4 Å². The Balaban J connectivity index is 2.46. The van der Waals surface area contributed by atoms with Gasteiger partial charge in [-0.1, -0.05) is 0 Å². The van der Waals surface area contributed by atoms with Crippen LogP contribution in [0.25, 0.3) is 0 Å². The number of nitrogens with zero attached hydrogens (tertiary/aromatic N) is 3. The van der Waals surface area contributed by atoms with E-state index in [0.717, 1.165) is 10.6 Å². The fourth-order valence-electron chi connectivity index (χ4n) is 1.81. The van der Waals surface area contributed by atoms with E-state index < -0.39 is 21.1 Å². The summed E-state index contributed by atoms with van der Waals surface area (Å²) < 4.78 is 1.08. The molecule has 0 spiro atoms. The van der Waals surface area contributed by atoms with Crippen molar-refractivity contribution in [2.24, 2.45) is 0 Å². The third-order valence-corrected chi connectivity index (χ3v) is 2.87. The lowest BCUT2D eigenvalue weighted by molar-refractivity contribution is -0.386. The SMILES string of the molecule is Nc1ccc([N+](=O)[O-])cc1Cn1cccc([N+](=O)[O-])c1=O. The van der Waals surface area contributed by atoms with Crippen LogP contribution in [0.4, 0.5) is 17.1 Å². The van der Waals surface area contributed by atoms with E-state index >= 15 is 0 Å². The molecular formula is C12H10N4O5. The van der Waals surface area contributed by atoms with Gasteiger partial charge in [-0.15, -0.1) is 0 Å². The minimum Gasteiger partial charge on any atom is -0.398 e. The minimum absolute atomic E-state index is 0.0893. The molecule has 108 valence electrons. The van der Waals surface area contributed by atoms with Gasteiger partial charge in [0.1, 0.15) is 0 Å². The van der Waals surface area contributed by atoms with E-state index in [1.54, 1.807) is 0 Å². The maximum Gasteiger partial charge on any atom is 0.334 e. The topological polar surface area (TPSA) is 134 Å². The Kier molecular flexibility index (Phi) is 3.65. The van der Waals surface area contributed by atoms with Crippen LogP contribution in [0.5, 0.6) is 0 Å². The van der Waals surface area contributed by atoms with Crippen molar-refractivity contribution in [2.45, 2.75) is 6.54 Å². The molecule has 0 bridgehead atoms. The average Bonchev–Trinajstić information content (AvgIpc) is 2.42. The fourth-order valence-corrected chi connectivity index (χ4v) is 1.81. The molecule has 0 aliphatic carbocycles. The zero-order valence-corrected chi connectivity index (χ0v) is 10.6. The number of aromatic nitrogens is 1. The number of nitro groups is 2. The Morgan fingerprint density at radius 1 is 1.14 bits per heavy atom. The van der Waals surface area contributed by atoms with E-state index in [9.17, 15) is 25.0 Å². The second-order valence-corrected chi connectivity index (χ2v) is 4.22. The number of rotatable bonds is 4. The summed E-state index contributed by atoms with van der Waals surface area (Å²) >= 11 is 0. The van der Waals surface area contributed by atoms with Crippen LogP contribution >= 0.6 is 0 Å². The molecule has 21 heavy (non-hydrogen) atoms. The van der Waals surface area contributed by atoms with Crippen molar-refractivity contribution < 1.29 is 9.85 Å². The maximum atomic E-state index is 11.9. The quantitative estimate of drug-likeness (QED) is 0.512. The largest absolute Gasteiger partial charge is 0.398 e. The summed E-state index contributed by atoms with van der Waals surface area (Å²) in [6.07, 6.45) is 1.35. The van der Waals surface area contributed by atoms with Gasteiger partial charge >= 0.3 is 11.2 Å². The van der Waals surface area contributed by atoms with Crippen molar-refractivity contribution >= 4 is 17.1 Å². The van der Waals surface area contributed by atoms with Crippen molar-refractivity contribution in [3.05, 3.63) is 72.7 Å². The Bertz CT molecular complexity index is 783. The van der Waals surface area contributed by atoms with Gasteiger partial charge in [0.15, 0.2) is 0 Å². The van der Waals surface area contributed by atoms with Crippen molar-refractivity contribution in [2.75, 3.05) is 5.73 Å². The summed E-state index contributed by atoms with van der Waals surface area (Å²) in [4.78, 5) is 32.0. The van der Waals surface area contributed by atoms with Gasteiger partial charge in [0.25, 0.3) is 5.69 Å². The third kappa shape index (κ3) is 2.86. The van der Waals surface area contributed by atoms with Crippen LogP contribution in [-0.4, -0.2) is 14.4 Å². The molecule has 0 aliphatic heterocycles. The number of non-ortho nitro benzene ring substituents is 1. The molecule has 0 unspecified atom stereocenters. The highest BCUT2D eigenvalue weighted by Crippen LogP contribution is 2.20. The first-order valence-electron chi connectivity index (χ1n) is 5.77. The Hall–Kier alpha value is -3.23.